The topological polar surface area (TPSA) is 169 Å². The van der Waals surface area contributed by atoms with E-state index in [0.717, 1.165) is 87.0 Å². The molecule has 4 heterocycles. The van der Waals surface area contributed by atoms with Gasteiger partial charge in [0.15, 0.2) is 5.75 Å². The Kier molecular flexibility index (Phi) is 10.8. The molecule has 2 aromatic heterocycles. The van der Waals surface area contributed by atoms with E-state index in [-0.39, 0.29) is 34.2 Å². The van der Waals surface area contributed by atoms with Gasteiger partial charge in [-0.15, -0.1) is 0 Å². The molecule has 0 radical (unpaired) electrons. The van der Waals surface area contributed by atoms with E-state index in [9.17, 15) is 23.3 Å². The number of nitrogens with zero attached hydrogens (tertiary/aromatic N) is 4. The third kappa shape index (κ3) is 8.96. The molecule has 1 atom stereocenters. The average Bonchev–Trinajstić information content (AvgIpc) is 3.62. The van der Waals surface area contributed by atoms with Crippen molar-refractivity contribution in [1.82, 2.24) is 19.6 Å². The summed E-state index contributed by atoms with van der Waals surface area (Å²) in [6.45, 7) is 8.92. The highest BCUT2D eigenvalue weighted by atomic mass is 35.5. The van der Waals surface area contributed by atoms with E-state index in [1.54, 1.807) is 24.4 Å². The van der Waals surface area contributed by atoms with Gasteiger partial charge in [0.2, 0.25) is 0 Å². The number of halogens is 1. The van der Waals surface area contributed by atoms with Gasteiger partial charge in [-0.1, -0.05) is 43.2 Å². The molecule has 9 rings (SSSR count). The highest BCUT2D eigenvalue weighted by Crippen LogP contribution is 2.49. The SMILES string of the molecule is CC1(C)CCC(CN2CCN(c3ccc(C(=O)NS(=O)(=O)c4ccc(OC5COC6(CC6)C5)c([N+](=O)[O-])c4)c(Oc4cnc5[nH]ccc5c4)c3)CC2)=C(c2ccc(Cl)cc2)C1. The van der Waals surface area contributed by atoms with Crippen molar-refractivity contribution in [2.45, 2.75) is 69.0 Å². The van der Waals surface area contributed by atoms with E-state index in [1.165, 1.54) is 41.1 Å². The molecule has 2 saturated heterocycles. The molecule has 3 aromatic carbocycles. The molecule has 4 aliphatic rings. The Morgan fingerprint density at radius 2 is 1.80 bits per heavy atom. The van der Waals surface area contributed by atoms with Crippen LogP contribution in [-0.4, -0.2) is 85.2 Å². The quantitative estimate of drug-likeness (QED) is 0.0911. The lowest BCUT2D eigenvalue weighted by Crippen LogP contribution is -2.47. The van der Waals surface area contributed by atoms with E-state index >= 15 is 0 Å². The fourth-order valence-electron chi connectivity index (χ4n) is 8.67. The maximum absolute atomic E-state index is 13.9. The van der Waals surface area contributed by atoms with Gasteiger partial charge in [0.25, 0.3) is 15.9 Å². The number of sulfonamides is 1. The van der Waals surface area contributed by atoms with Crippen LogP contribution >= 0.6 is 11.6 Å². The number of hydrogen-bond donors (Lipinski definition) is 2. The number of carbonyl (C=O) groups is 1. The molecule has 2 N–H and O–H groups in total. The molecular formula is C45H47ClN6O8S. The molecule has 0 bridgehead atoms. The predicted octanol–water partition coefficient (Wildman–Crippen LogP) is 8.52. The zero-order chi connectivity index (χ0) is 42.5. The second-order valence-corrected chi connectivity index (χ2v) is 19.4. The molecule has 2 aliphatic heterocycles. The number of allylic oxidation sites excluding steroid dienone is 1. The number of nitro benzene ring substituents is 1. The van der Waals surface area contributed by atoms with Crippen molar-refractivity contribution in [2.75, 3.05) is 44.2 Å². The Labute approximate surface area is 359 Å². The van der Waals surface area contributed by atoms with Crippen LogP contribution < -0.4 is 19.1 Å². The summed E-state index contributed by atoms with van der Waals surface area (Å²) in [6, 6.07) is 20.1. The van der Waals surface area contributed by atoms with Crippen molar-refractivity contribution < 1.29 is 32.3 Å². The summed E-state index contributed by atoms with van der Waals surface area (Å²) in [5.74, 6) is -0.575. The normalized spacial score (nSPS) is 19.9. The van der Waals surface area contributed by atoms with Gasteiger partial charge >= 0.3 is 5.69 Å². The van der Waals surface area contributed by atoms with Crippen LogP contribution in [0.4, 0.5) is 11.4 Å². The highest BCUT2D eigenvalue weighted by molar-refractivity contribution is 7.90. The highest BCUT2D eigenvalue weighted by Gasteiger charge is 2.51. The first-order valence-corrected chi connectivity index (χ1v) is 22.4. The number of piperazine rings is 1. The van der Waals surface area contributed by atoms with Gasteiger partial charge in [0.1, 0.15) is 23.3 Å². The third-order valence-corrected chi connectivity index (χ3v) is 13.9. The van der Waals surface area contributed by atoms with E-state index in [1.807, 2.05) is 18.2 Å². The number of pyridine rings is 1. The zero-order valence-corrected chi connectivity index (χ0v) is 35.6. The minimum absolute atomic E-state index is 0.0493. The number of aromatic nitrogens is 2. The fourth-order valence-corrected chi connectivity index (χ4v) is 9.78. The molecule has 1 amide bonds. The summed E-state index contributed by atoms with van der Waals surface area (Å²) in [5, 5.41) is 13.6. The minimum atomic E-state index is -4.59. The van der Waals surface area contributed by atoms with Crippen LogP contribution in [0.2, 0.25) is 5.02 Å². The Bertz CT molecular complexity index is 2650. The molecule has 3 fully saturated rings. The Morgan fingerprint density at radius 3 is 2.54 bits per heavy atom. The van der Waals surface area contributed by atoms with Crippen molar-refractivity contribution in [3.05, 3.63) is 117 Å². The number of nitrogens with one attached hydrogen (secondary N) is 2. The Morgan fingerprint density at radius 1 is 1.02 bits per heavy atom. The van der Waals surface area contributed by atoms with E-state index in [2.05, 4.69) is 50.5 Å². The number of hydrogen-bond acceptors (Lipinski definition) is 11. The number of ether oxygens (including phenoxy) is 3. The minimum Gasteiger partial charge on any atom is -0.481 e. The Hall–Kier alpha value is -5.48. The summed E-state index contributed by atoms with van der Waals surface area (Å²) in [6.07, 6.45) is 8.53. The molecule has 16 heteroatoms. The van der Waals surface area contributed by atoms with Crippen LogP contribution in [0.1, 0.15) is 68.3 Å². The lowest BCUT2D eigenvalue weighted by Gasteiger charge is -2.39. The van der Waals surface area contributed by atoms with Crippen molar-refractivity contribution >= 4 is 55.5 Å². The van der Waals surface area contributed by atoms with Gasteiger partial charge in [-0.3, -0.25) is 19.8 Å². The van der Waals surface area contributed by atoms with Crippen molar-refractivity contribution in [3.8, 4) is 17.2 Å². The first kappa shape index (κ1) is 40.9. The second-order valence-electron chi connectivity index (χ2n) is 17.3. The molecule has 5 aromatic rings. The average molecular weight is 867 g/mol. The van der Waals surface area contributed by atoms with E-state index < -0.39 is 31.4 Å². The van der Waals surface area contributed by atoms with Crippen LogP contribution in [0, 0.1) is 15.5 Å². The van der Waals surface area contributed by atoms with Gasteiger partial charge < -0.3 is 24.1 Å². The van der Waals surface area contributed by atoms with Crippen molar-refractivity contribution in [3.63, 3.8) is 0 Å². The third-order valence-electron chi connectivity index (χ3n) is 12.3. The molecule has 1 unspecified atom stereocenters. The van der Waals surface area contributed by atoms with Crippen LogP contribution in [0.5, 0.6) is 17.2 Å². The molecule has 61 heavy (non-hydrogen) atoms. The smallest absolute Gasteiger partial charge is 0.312 e. The van der Waals surface area contributed by atoms with Gasteiger partial charge in [-0.2, -0.15) is 0 Å². The van der Waals surface area contributed by atoms with E-state index in [4.69, 9.17) is 25.8 Å². The molecule has 14 nitrogen and oxygen atoms in total. The second kappa shape index (κ2) is 16.1. The molecule has 2 aliphatic carbocycles. The number of benzene rings is 3. The number of H-pyrrole nitrogens is 1. The van der Waals surface area contributed by atoms with Crippen LogP contribution in [0.15, 0.2) is 95.7 Å². The Balaban J connectivity index is 0.934. The number of carbonyl (C=O) groups excluding carboxylic acids is 1. The standard InChI is InChI=1S/C45H47ClN6O8S/c1-44(2)13-11-31(38(25-44)29-3-5-32(46)6-4-29)27-50-17-19-51(20-18-50)33-7-9-37(41(22-33)59-34-21-30-12-16-47-42(30)48-26-34)43(53)49-61(56,57)36-8-10-40(39(23-36)52(54)55)60-35-24-45(14-15-45)58-28-35/h3-10,12,16,21-23,26,35H,11,13-15,17-20,24-25,27-28H2,1-2H3,(H,47,48)(H,49,53). The largest absolute Gasteiger partial charge is 0.481 e. The van der Waals surface area contributed by atoms with Gasteiger partial charge in [-0.05, 0) is 97.2 Å². The summed E-state index contributed by atoms with van der Waals surface area (Å²) in [5.41, 5.74) is 5.00. The number of aromatic amines is 1. The number of anilines is 1. The summed E-state index contributed by atoms with van der Waals surface area (Å²) < 4.78 is 47.4. The number of rotatable bonds is 12. The number of nitro groups is 1. The summed E-state index contributed by atoms with van der Waals surface area (Å²) >= 11 is 6.24. The van der Waals surface area contributed by atoms with E-state index in [0.29, 0.717) is 24.4 Å². The zero-order valence-electron chi connectivity index (χ0n) is 34.0. The van der Waals surface area contributed by atoms with Gasteiger partial charge in [0.05, 0.1) is 33.8 Å². The van der Waals surface area contributed by atoms with Crippen LogP contribution in [0.25, 0.3) is 16.6 Å². The van der Waals surface area contributed by atoms with Crippen molar-refractivity contribution in [2.24, 2.45) is 5.41 Å². The summed E-state index contributed by atoms with van der Waals surface area (Å²) in [7, 11) is -4.59. The number of amides is 1. The summed E-state index contributed by atoms with van der Waals surface area (Å²) in [4.78, 5) is 37.0. The monoisotopic (exact) mass is 866 g/mol. The fraction of sp³-hybridized carbons (Fsp3) is 0.378. The maximum Gasteiger partial charge on any atom is 0.312 e. The van der Waals surface area contributed by atoms with Gasteiger partial charge in [-0.25, -0.2) is 18.1 Å². The van der Waals surface area contributed by atoms with Crippen LogP contribution in [0.3, 0.4) is 0 Å². The van der Waals surface area contributed by atoms with Gasteiger partial charge in [0, 0.05) is 73.6 Å². The molecule has 318 valence electrons. The molecule has 1 saturated carbocycles. The lowest BCUT2D eigenvalue weighted by molar-refractivity contribution is -0.386. The maximum atomic E-state index is 13.9. The molecular weight excluding hydrogens is 820 g/mol. The first-order valence-electron chi connectivity index (χ1n) is 20.6. The van der Waals surface area contributed by atoms with Crippen molar-refractivity contribution in [1.29, 1.82) is 0 Å². The lowest BCUT2D eigenvalue weighted by atomic mass is 9.72. The van der Waals surface area contributed by atoms with Crippen LogP contribution in [-0.2, 0) is 14.8 Å². The number of fused-ring (bicyclic) bond motifs is 1. The predicted molar refractivity (Wildman–Crippen MR) is 232 cm³/mol. The first-order chi connectivity index (χ1) is 29.2. The molecule has 1 spiro atoms.